The van der Waals surface area contributed by atoms with Crippen molar-refractivity contribution >= 4 is 5.97 Å². The van der Waals surface area contributed by atoms with Gasteiger partial charge in [-0.2, -0.15) is 0 Å². The minimum absolute atomic E-state index is 0.392. The second-order valence-electron chi connectivity index (χ2n) is 5.00. The largest absolute Gasteiger partial charge is 0.487 e. The third-order valence-corrected chi connectivity index (χ3v) is 3.22. The number of nitrogens with one attached hydrogen (secondary N) is 1. The van der Waals surface area contributed by atoms with Crippen molar-refractivity contribution in [3.8, 4) is 5.75 Å². The number of hydrogen-bond acceptors (Lipinski definition) is 3. The number of carbonyl (C=O) groups is 1. The van der Waals surface area contributed by atoms with Crippen LogP contribution < -0.4 is 10.1 Å². The number of ether oxygens (including phenoxy) is 1. The van der Waals surface area contributed by atoms with Gasteiger partial charge in [0.2, 0.25) is 0 Å². The van der Waals surface area contributed by atoms with Crippen LogP contribution >= 0.6 is 0 Å². The quantitative estimate of drug-likeness (QED) is 0.820. The first-order valence-electron chi connectivity index (χ1n) is 5.62. The fourth-order valence-corrected chi connectivity index (χ4v) is 2.50. The Morgan fingerprint density at radius 3 is 2.65 bits per heavy atom. The minimum atomic E-state index is -1.07. The molecule has 1 aromatic rings. The van der Waals surface area contributed by atoms with Crippen LogP contribution in [0.2, 0.25) is 0 Å². The molecule has 0 saturated heterocycles. The maximum absolute atomic E-state index is 11.6. The summed E-state index contributed by atoms with van der Waals surface area (Å²) in [4.78, 5) is 11.6. The number of likely N-dealkylation sites (N-methyl/N-ethyl adjacent to an activating group) is 1. The summed E-state index contributed by atoms with van der Waals surface area (Å²) in [5.74, 6) is -0.232. The van der Waals surface area contributed by atoms with Gasteiger partial charge in [-0.1, -0.05) is 18.2 Å². The summed E-state index contributed by atoms with van der Waals surface area (Å²) >= 11 is 0. The standard InChI is InChI=1S/C13H17NO3/c1-12(2)8-13(14-3,11(15)16)9-6-4-5-7-10(9)17-12/h4-7,14H,8H2,1-3H3,(H,15,16). The lowest BCUT2D eigenvalue weighted by Crippen LogP contribution is -2.55. The van der Waals surface area contributed by atoms with Gasteiger partial charge in [-0.05, 0) is 27.0 Å². The Labute approximate surface area is 101 Å². The molecule has 0 amide bonds. The third-order valence-electron chi connectivity index (χ3n) is 3.22. The highest BCUT2D eigenvalue weighted by Gasteiger charge is 2.49. The summed E-state index contributed by atoms with van der Waals surface area (Å²) in [6, 6.07) is 7.29. The zero-order chi connectivity index (χ0) is 12.7. The van der Waals surface area contributed by atoms with Crippen LogP contribution in [-0.2, 0) is 10.3 Å². The zero-order valence-electron chi connectivity index (χ0n) is 10.3. The van der Waals surface area contributed by atoms with Crippen molar-refractivity contribution in [2.24, 2.45) is 0 Å². The predicted octanol–water partition coefficient (Wildman–Crippen LogP) is 1.75. The van der Waals surface area contributed by atoms with Gasteiger partial charge in [-0.3, -0.25) is 0 Å². The molecule has 1 heterocycles. The van der Waals surface area contributed by atoms with Gasteiger partial charge in [0.1, 0.15) is 16.9 Å². The monoisotopic (exact) mass is 235 g/mol. The van der Waals surface area contributed by atoms with Crippen LogP contribution in [0.3, 0.4) is 0 Å². The van der Waals surface area contributed by atoms with Crippen molar-refractivity contribution in [2.45, 2.75) is 31.4 Å². The molecule has 4 heteroatoms. The fraction of sp³-hybridized carbons (Fsp3) is 0.462. The highest BCUT2D eigenvalue weighted by molar-refractivity contribution is 5.82. The summed E-state index contributed by atoms with van der Waals surface area (Å²) in [6.07, 6.45) is 0.392. The molecule has 0 radical (unpaired) electrons. The first-order chi connectivity index (χ1) is 7.91. The summed E-state index contributed by atoms with van der Waals surface area (Å²) in [5, 5.41) is 12.5. The van der Waals surface area contributed by atoms with Gasteiger partial charge in [-0.15, -0.1) is 0 Å². The molecular weight excluding hydrogens is 218 g/mol. The van der Waals surface area contributed by atoms with Crippen molar-refractivity contribution in [1.82, 2.24) is 5.32 Å². The number of aliphatic carboxylic acids is 1. The van der Waals surface area contributed by atoms with E-state index in [1.54, 1.807) is 13.1 Å². The van der Waals surface area contributed by atoms with E-state index in [0.29, 0.717) is 17.7 Å². The summed E-state index contributed by atoms with van der Waals surface area (Å²) in [6.45, 7) is 3.80. The maximum atomic E-state index is 11.6. The lowest BCUT2D eigenvalue weighted by molar-refractivity contribution is -0.149. The third kappa shape index (κ3) is 1.78. The minimum Gasteiger partial charge on any atom is -0.487 e. The molecule has 1 aliphatic heterocycles. The number of hydrogen-bond donors (Lipinski definition) is 2. The summed E-state index contributed by atoms with van der Waals surface area (Å²) < 4.78 is 5.82. The van der Waals surface area contributed by atoms with Crippen molar-refractivity contribution in [1.29, 1.82) is 0 Å². The van der Waals surface area contributed by atoms with Crippen LogP contribution in [0.5, 0.6) is 5.75 Å². The molecular formula is C13H17NO3. The molecule has 0 aliphatic carbocycles. The number of benzene rings is 1. The molecule has 1 aliphatic rings. The van der Waals surface area contributed by atoms with Gasteiger partial charge in [0.15, 0.2) is 0 Å². The molecule has 0 fully saturated rings. The molecule has 1 unspecified atom stereocenters. The fourth-order valence-electron chi connectivity index (χ4n) is 2.50. The van der Waals surface area contributed by atoms with E-state index in [1.165, 1.54) is 0 Å². The van der Waals surface area contributed by atoms with E-state index in [-0.39, 0.29) is 0 Å². The van der Waals surface area contributed by atoms with Gasteiger partial charge >= 0.3 is 5.97 Å². The molecule has 2 rings (SSSR count). The van der Waals surface area contributed by atoms with E-state index in [9.17, 15) is 9.90 Å². The molecule has 0 aromatic heterocycles. The molecule has 92 valence electrons. The number of carboxylic acids is 1. The topological polar surface area (TPSA) is 58.6 Å². The SMILES string of the molecule is CNC1(C(=O)O)CC(C)(C)Oc2ccccc21. The van der Waals surface area contributed by atoms with Crippen molar-refractivity contribution in [3.63, 3.8) is 0 Å². The second kappa shape index (κ2) is 3.74. The van der Waals surface area contributed by atoms with Gasteiger partial charge in [0, 0.05) is 12.0 Å². The molecule has 0 spiro atoms. The first kappa shape index (κ1) is 11.9. The Morgan fingerprint density at radius 2 is 2.06 bits per heavy atom. The van der Waals surface area contributed by atoms with E-state index in [2.05, 4.69) is 5.32 Å². The first-order valence-corrected chi connectivity index (χ1v) is 5.62. The highest BCUT2D eigenvalue weighted by atomic mass is 16.5. The second-order valence-corrected chi connectivity index (χ2v) is 5.00. The van der Waals surface area contributed by atoms with Gasteiger partial charge in [0.05, 0.1) is 0 Å². The Hall–Kier alpha value is -1.55. The summed E-state index contributed by atoms with van der Waals surface area (Å²) in [5.41, 5.74) is -0.886. The highest BCUT2D eigenvalue weighted by Crippen LogP contribution is 2.43. The molecule has 17 heavy (non-hydrogen) atoms. The van der Waals surface area contributed by atoms with Gasteiger partial charge < -0.3 is 15.2 Å². The van der Waals surface area contributed by atoms with Crippen LogP contribution in [-0.4, -0.2) is 23.7 Å². The van der Waals surface area contributed by atoms with Gasteiger partial charge in [-0.25, -0.2) is 4.79 Å². The van der Waals surface area contributed by atoms with Crippen LogP contribution in [0.15, 0.2) is 24.3 Å². The maximum Gasteiger partial charge on any atom is 0.328 e. The number of para-hydroxylation sites is 1. The Bertz CT molecular complexity index is 456. The molecule has 0 saturated carbocycles. The van der Waals surface area contributed by atoms with Crippen LogP contribution in [0.25, 0.3) is 0 Å². The average molecular weight is 235 g/mol. The lowest BCUT2D eigenvalue weighted by atomic mass is 9.77. The molecule has 4 nitrogen and oxygen atoms in total. The van der Waals surface area contributed by atoms with E-state index in [0.717, 1.165) is 0 Å². The number of rotatable bonds is 2. The van der Waals surface area contributed by atoms with Crippen LogP contribution in [0, 0.1) is 0 Å². The van der Waals surface area contributed by atoms with Crippen molar-refractivity contribution in [3.05, 3.63) is 29.8 Å². The molecule has 2 N–H and O–H groups in total. The lowest BCUT2D eigenvalue weighted by Gasteiger charge is -2.43. The Morgan fingerprint density at radius 1 is 1.41 bits per heavy atom. The zero-order valence-corrected chi connectivity index (χ0v) is 10.3. The van der Waals surface area contributed by atoms with E-state index in [4.69, 9.17) is 4.74 Å². The normalized spacial score (nSPS) is 25.8. The van der Waals surface area contributed by atoms with Crippen molar-refractivity contribution < 1.29 is 14.6 Å². The molecule has 1 atom stereocenters. The smallest absolute Gasteiger partial charge is 0.328 e. The van der Waals surface area contributed by atoms with Crippen molar-refractivity contribution in [2.75, 3.05) is 7.05 Å². The van der Waals surface area contributed by atoms with E-state index in [1.807, 2.05) is 32.0 Å². The van der Waals surface area contributed by atoms with Crippen LogP contribution in [0.4, 0.5) is 0 Å². The Kier molecular flexibility index (Phi) is 2.62. The van der Waals surface area contributed by atoms with E-state index < -0.39 is 17.1 Å². The molecule has 1 aromatic carbocycles. The summed E-state index contributed by atoms with van der Waals surface area (Å²) in [7, 11) is 1.67. The van der Waals surface area contributed by atoms with Crippen LogP contribution in [0.1, 0.15) is 25.8 Å². The molecule has 0 bridgehead atoms. The van der Waals surface area contributed by atoms with E-state index >= 15 is 0 Å². The number of carboxylic acid groups (broad SMARTS) is 1. The predicted molar refractivity (Wildman–Crippen MR) is 64.1 cm³/mol. The van der Waals surface area contributed by atoms with Gasteiger partial charge in [0.25, 0.3) is 0 Å². The Balaban J connectivity index is 2.64. The average Bonchev–Trinajstić information content (AvgIpc) is 2.26. The number of fused-ring (bicyclic) bond motifs is 1.